The molecular weight excluding hydrogens is 408 g/mol. The Morgan fingerprint density at radius 3 is 2.62 bits per heavy atom. The van der Waals surface area contributed by atoms with Gasteiger partial charge in [-0.1, -0.05) is 23.7 Å². The topological polar surface area (TPSA) is 74.3 Å². The molecular formula is C22H21ClN2O3S. The lowest BCUT2D eigenvalue weighted by atomic mass is 9.95. The molecule has 1 aliphatic rings. The van der Waals surface area contributed by atoms with Gasteiger partial charge in [-0.25, -0.2) is 0 Å². The van der Waals surface area contributed by atoms with E-state index in [1.807, 2.05) is 30.5 Å². The molecule has 0 spiro atoms. The van der Waals surface area contributed by atoms with Crippen molar-refractivity contribution >= 4 is 28.8 Å². The van der Waals surface area contributed by atoms with Crippen LogP contribution in [0.25, 0.3) is 10.4 Å². The summed E-state index contributed by atoms with van der Waals surface area (Å²) in [6.45, 7) is 4.16. The van der Waals surface area contributed by atoms with Crippen LogP contribution in [-0.2, 0) is 16.6 Å². The predicted molar refractivity (Wildman–Crippen MR) is 115 cm³/mol. The van der Waals surface area contributed by atoms with Crippen molar-refractivity contribution in [3.05, 3.63) is 79.0 Å². The molecule has 1 unspecified atom stereocenters. The van der Waals surface area contributed by atoms with Gasteiger partial charge in [0.2, 0.25) is 5.91 Å². The van der Waals surface area contributed by atoms with Crippen LogP contribution in [-0.4, -0.2) is 10.5 Å². The number of carbonyl (C=O) groups is 1. The van der Waals surface area contributed by atoms with Gasteiger partial charge in [-0.2, -0.15) is 0 Å². The van der Waals surface area contributed by atoms with Crippen LogP contribution in [0.2, 0.25) is 5.02 Å². The molecule has 5 nitrogen and oxygen atoms in total. The van der Waals surface area contributed by atoms with Crippen LogP contribution >= 0.6 is 22.9 Å². The number of hydrogen-bond donors (Lipinski definition) is 1. The second kappa shape index (κ2) is 7.44. The number of nitrogens with zero attached hydrogens (tertiary/aromatic N) is 1. The van der Waals surface area contributed by atoms with Crippen molar-refractivity contribution < 1.29 is 9.53 Å². The van der Waals surface area contributed by atoms with E-state index in [9.17, 15) is 9.59 Å². The highest BCUT2D eigenvalue weighted by Crippen LogP contribution is 2.50. The number of nitrogens with two attached hydrogens (primary N) is 1. The van der Waals surface area contributed by atoms with Crippen molar-refractivity contribution in [3.63, 3.8) is 0 Å². The average Bonchev–Trinajstić information content (AvgIpc) is 2.89. The lowest BCUT2D eigenvalue weighted by molar-refractivity contribution is -0.121. The van der Waals surface area contributed by atoms with Crippen LogP contribution in [0.3, 0.4) is 0 Å². The third-order valence-electron chi connectivity index (χ3n) is 5.41. The van der Waals surface area contributed by atoms with Gasteiger partial charge in [0.1, 0.15) is 6.10 Å². The molecule has 2 N–H and O–H groups in total. The number of halogens is 1. The Labute approximate surface area is 177 Å². The standard InChI is InChI=1S/C22H21ClN2O3S/c1-11-12(2)29-22-16-10-25(3)19(27)8-15(16)17(9-18(24)26)28-21(20(11)22)13-4-6-14(23)7-5-13/h4-8,10,17,21H,9H2,1-3H3,(H2,24,26)/t17-,21?/m1/s1. The third kappa shape index (κ3) is 3.52. The molecule has 150 valence electrons. The summed E-state index contributed by atoms with van der Waals surface area (Å²) in [4.78, 5) is 26.4. The molecule has 0 fully saturated rings. The molecule has 1 amide bonds. The van der Waals surface area contributed by atoms with E-state index in [1.54, 1.807) is 29.0 Å². The second-order valence-electron chi connectivity index (χ2n) is 7.34. The summed E-state index contributed by atoms with van der Waals surface area (Å²) in [5.41, 5.74) is 10.1. The zero-order valence-corrected chi connectivity index (χ0v) is 17.9. The highest BCUT2D eigenvalue weighted by atomic mass is 35.5. The monoisotopic (exact) mass is 428 g/mol. The average molecular weight is 429 g/mol. The van der Waals surface area contributed by atoms with Crippen LogP contribution in [0.5, 0.6) is 0 Å². The maximum atomic E-state index is 12.4. The lowest BCUT2D eigenvalue weighted by Crippen LogP contribution is -2.22. The number of rotatable bonds is 3. The Morgan fingerprint density at radius 2 is 1.97 bits per heavy atom. The Morgan fingerprint density at radius 1 is 1.28 bits per heavy atom. The fourth-order valence-corrected chi connectivity index (χ4v) is 5.14. The molecule has 0 saturated carbocycles. The number of carbonyl (C=O) groups excluding carboxylic acids is 1. The van der Waals surface area contributed by atoms with Gasteiger partial charge in [0, 0.05) is 45.2 Å². The number of fused-ring (bicyclic) bond motifs is 3. The number of benzene rings is 1. The molecule has 4 rings (SSSR count). The normalized spacial score (nSPS) is 18.1. The summed E-state index contributed by atoms with van der Waals surface area (Å²) in [5, 5.41) is 0.640. The summed E-state index contributed by atoms with van der Waals surface area (Å²) in [7, 11) is 1.72. The van der Waals surface area contributed by atoms with Crippen molar-refractivity contribution in [1.29, 1.82) is 0 Å². The molecule has 1 aromatic carbocycles. The minimum atomic E-state index is -0.614. The van der Waals surface area contributed by atoms with Crippen LogP contribution < -0.4 is 11.3 Å². The first-order chi connectivity index (χ1) is 13.8. The van der Waals surface area contributed by atoms with Gasteiger partial charge in [-0.15, -0.1) is 11.3 Å². The van der Waals surface area contributed by atoms with Gasteiger partial charge in [0.25, 0.3) is 5.56 Å². The minimum Gasteiger partial charge on any atom is -0.370 e. The molecule has 1 aliphatic heterocycles. The first kappa shape index (κ1) is 19.9. The van der Waals surface area contributed by atoms with Gasteiger partial charge < -0.3 is 15.0 Å². The highest BCUT2D eigenvalue weighted by molar-refractivity contribution is 7.15. The zero-order chi connectivity index (χ0) is 20.9. The number of amides is 1. The minimum absolute atomic E-state index is 0.00275. The largest absolute Gasteiger partial charge is 0.370 e. The van der Waals surface area contributed by atoms with Crippen molar-refractivity contribution in [2.75, 3.05) is 0 Å². The molecule has 29 heavy (non-hydrogen) atoms. The fourth-order valence-electron chi connectivity index (χ4n) is 3.79. The van der Waals surface area contributed by atoms with Crippen molar-refractivity contribution in [3.8, 4) is 10.4 Å². The summed E-state index contributed by atoms with van der Waals surface area (Å²) in [5.74, 6) is -0.477. The maximum absolute atomic E-state index is 12.4. The molecule has 0 saturated heterocycles. The quantitative estimate of drug-likeness (QED) is 0.671. The molecule has 3 heterocycles. The van der Waals surface area contributed by atoms with Crippen molar-refractivity contribution in [2.24, 2.45) is 12.8 Å². The molecule has 3 aromatic rings. The van der Waals surface area contributed by atoms with E-state index >= 15 is 0 Å². The van der Waals surface area contributed by atoms with E-state index < -0.39 is 18.1 Å². The molecule has 2 aromatic heterocycles. The first-order valence-electron chi connectivity index (χ1n) is 9.26. The smallest absolute Gasteiger partial charge is 0.250 e. The van der Waals surface area contributed by atoms with E-state index in [0.717, 1.165) is 27.1 Å². The Hall–Kier alpha value is -2.41. The van der Waals surface area contributed by atoms with Gasteiger partial charge in [0.15, 0.2) is 0 Å². The van der Waals surface area contributed by atoms with Gasteiger partial charge in [0.05, 0.1) is 12.5 Å². The highest BCUT2D eigenvalue weighted by Gasteiger charge is 2.34. The van der Waals surface area contributed by atoms with Crippen LogP contribution in [0.1, 0.15) is 45.8 Å². The van der Waals surface area contributed by atoms with Gasteiger partial charge in [-0.05, 0) is 42.7 Å². The Bertz CT molecular complexity index is 1160. The Balaban J connectivity index is 2.01. The number of aromatic nitrogens is 1. The van der Waals surface area contributed by atoms with E-state index in [-0.39, 0.29) is 12.0 Å². The molecule has 0 aliphatic carbocycles. The number of ether oxygens (including phenoxy) is 1. The molecule has 0 bridgehead atoms. The summed E-state index contributed by atoms with van der Waals surface area (Å²) >= 11 is 7.76. The first-order valence-corrected chi connectivity index (χ1v) is 10.5. The molecule has 0 radical (unpaired) electrons. The number of aryl methyl sites for hydroxylation is 2. The molecule has 7 heteroatoms. The number of thiophene rings is 1. The number of pyridine rings is 1. The van der Waals surface area contributed by atoms with Gasteiger partial charge in [-0.3, -0.25) is 9.59 Å². The fraction of sp³-hybridized carbons (Fsp3) is 0.273. The SMILES string of the molecule is Cc1sc2c(c1C)C(c1ccc(Cl)cc1)O[C@H](CC(N)=O)c1cc(=O)n(C)cc1-2. The predicted octanol–water partition coefficient (Wildman–Crippen LogP) is 4.42. The summed E-state index contributed by atoms with van der Waals surface area (Å²) in [6.07, 6.45) is 0.811. The number of primary amides is 1. The van der Waals surface area contributed by atoms with Crippen molar-refractivity contribution in [1.82, 2.24) is 4.57 Å². The maximum Gasteiger partial charge on any atom is 0.250 e. The van der Waals surface area contributed by atoms with E-state index in [0.29, 0.717) is 10.6 Å². The van der Waals surface area contributed by atoms with Crippen molar-refractivity contribution in [2.45, 2.75) is 32.5 Å². The van der Waals surface area contributed by atoms with E-state index in [2.05, 4.69) is 13.8 Å². The van der Waals surface area contributed by atoms with Crippen LogP contribution in [0, 0.1) is 13.8 Å². The molecule has 2 atom stereocenters. The third-order valence-corrected chi connectivity index (χ3v) is 6.91. The van der Waals surface area contributed by atoms with E-state index in [1.165, 1.54) is 4.88 Å². The lowest BCUT2D eigenvalue weighted by Gasteiger charge is -2.24. The van der Waals surface area contributed by atoms with Crippen LogP contribution in [0.15, 0.2) is 41.3 Å². The van der Waals surface area contributed by atoms with E-state index in [4.69, 9.17) is 22.1 Å². The second-order valence-corrected chi connectivity index (χ2v) is 9.01. The number of hydrogen-bond acceptors (Lipinski definition) is 4. The Kier molecular flexibility index (Phi) is 5.11. The summed E-state index contributed by atoms with van der Waals surface area (Å²) in [6, 6.07) is 9.07. The summed E-state index contributed by atoms with van der Waals surface area (Å²) < 4.78 is 8.06. The zero-order valence-electron chi connectivity index (χ0n) is 16.4. The van der Waals surface area contributed by atoms with Crippen LogP contribution in [0.4, 0.5) is 0 Å². The van der Waals surface area contributed by atoms with Gasteiger partial charge >= 0.3 is 0 Å².